The Morgan fingerprint density at radius 2 is 1.82 bits per heavy atom. The van der Waals surface area contributed by atoms with Gasteiger partial charge in [0.05, 0.1) is 0 Å². The number of alkyl carbamates (subject to hydrolysis) is 1. The monoisotopic (exact) mass is 544 g/mol. The van der Waals surface area contributed by atoms with Gasteiger partial charge in [-0.15, -0.1) is 0 Å². The summed E-state index contributed by atoms with van der Waals surface area (Å²) in [5.41, 5.74) is 1.23. The van der Waals surface area contributed by atoms with E-state index in [1.807, 2.05) is 27.7 Å². The number of fused-ring (bicyclic) bond motifs is 1. The van der Waals surface area contributed by atoms with Crippen LogP contribution in [0.2, 0.25) is 0 Å². The van der Waals surface area contributed by atoms with Crippen molar-refractivity contribution >= 4 is 23.8 Å². The standard InChI is InChI=1S/C30H48N4O5/c1-29(2,3)39-28(38)33-23-16-18-30(4,19-17-23)27(37)34-24(26(35)36)13-9-7-5-6-8-12-22-15-14-21-11-10-20-31-25(21)32-22/h14-15,23-24H,5-13,16-20H2,1-4H3,(H,31,32)(H,33,38)(H,34,37)(H,35,36)/t23?,24-,30?/m0/s1. The number of unbranched alkanes of at least 4 members (excludes halogenated alkanes) is 4. The molecule has 0 unspecified atom stereocenters. The molecule has 0 saturated heterocycles. The molecule has 2 amide bonds. The molecule has 1 fully saturated rings. The first-order chi connectivity index (χ1) is 18.4. The number of hydrogen-bond donors (Lipinski definition) is 4. The first kappa shape index (κ1) is 30.7. The van der Waals surface area contributed by atoms with Gasteiger partial charge in [-0.1, -0.05) is 38.7 Å². The molecule has 1 atom stereocenters. The number of aromatic nitrogens is 1. The van der Waals surface area contributed by atoms with Gasteiger partial charge >= 0.3 is 12.1 Å². The number of ether oxygens (including phenoxy) is 1. The van der Waals surface area contributed by atoms with Gasteiger partial charge in [0.1, 0.15) is 17.5 Å². The molecule has 9 nitrogen and oxygen atoms in total. The minimum Gasteiger partial charge on any atom is -0.480 e. The number of hydrogen-bond acceptors (Lipinski definition) is 6. The second-order valence-corrected chi connectivity index (χ2v) is 12.5. The van der Waals surface area contributed by atoms with Crippen LogP contribution in [0.5, 0.6) is 0 Å². The maximum atomic E-state index is 13.1. The predicted octanol–water partition coefficient (Wildman–Crippen LogP) is 5.37. The van der Waals surface area contributed by atoms with Crippen molar-refractivity contribution in [2.24, 2.45) is 5.41 Å². The van der Waals surface area contributed by atoms with Crippen LogP contribution in [-0.4, -0.2) is 52.3 Å². The van der Waals surface area contributed by atoms with E-state index < -0.39 is 29.1 Å². The molecule has 0 bridgehead atoms. The number of aliphatic carboxylic acids is 1. The minimum atomic E-state index is -0.987. The second kappa shape index (κ2) is 14.0. The fraction of sp³-hybridized carbons (Fsp3) is 0.733. The van der Waals surface area contributed by atoms with E-state index in [0.717, 1.165) is 69.4 Å². The minimum absolute atomic E-state index is 0.0457. The van der Waals surface area contributed by atoms with Crippen LogP contribution in [0.3, 0.4) is 0 Å². The van der Waals surface area contributed by atoms with Crippen molar-refractivity contribution in [2.45, 2.75) is 129 Å². The van der Waals surface area contributed by atoms with Crippen molar-refractivity contribution in [3.05, 3.63) is 23.4 Å². The van der Waals surface area contributed by atoms with Crippen molar-refractivity contribution < 1.29 is 24.2 Å². The van der Waals surface area contributed by atoms with Gasteiger partial charge in [0.25, 0.3) is 0 Å². The molecule has 1 aliphatic carbocycles. The number of carbonyl (C=O) groups excluding carboxylic acids is 2. The Bertz CT molecular complexity index is 982. The smallest absolute Gasteiger partial charge is 0.407 e. The Labute approximate surface area is 233 Å². The molecule has 0 spiro atoms. The third-order valence-corrected chi connectivity index (χ3v) is 7.84. The molecule has 1 aromatic heterocycles. The normalized spacial score (nSPS) is 21.7. The van der Waals surface area contributed by atoms with Gasteiger partial charge in [-0.25, -0.2) is 14.6 Å². The zero-order valence-corrected chi connectivity index (χ0v) is 24.2. The highest BCUT2D eigenvalue weighted by Gasteiger charge is 2.39. The number of pyridine rings is 1. The molecule has 2 heterocycles. The molecule has 0 radical (unpaired) electrons. The van der Waals surface area contributed by atoms with Crippen LogP contribution >= 0.6 is 0 Å². The van der Waals surface area contributed by atoms with Crippen LogP contribution < -0.4 is 16.0 Å². The second-order valence-electron chi connectivity index (χ2n) is 12.5. The number of anilines is 1. The number of nitrogens with zero attached hydrogens (tertiary/aromatic N) is 1. The van der Waals surface area contributed by atoms with Crippen LogP contribution in [0.25, 0.3) is 0 Å². The SMILES string of the molecule is CC(C)(C)OC(=O)NC1CCC(C)(C(=O)N[C@@H](CCCCCCCc2ccc3c(n2)NCCC3)C(=O)O)CC1. The average Bonchev–Trinajstić information content (AvgIpc) is 2.87. The highest BCUT2D eigenvalue weighted by molar-refractivity contribution is 5.87. The summed E-state index contributed by atoms with van der Waals surface area (Å²) in [6.07, 6.45) is 10.5. The molecule has 39 heavy (non-hydrogen) atoms. The van der Waals surface area contributed by atoms with E-state index in [-0.39, 0.29) is 11.9 Å². The fourth-order valence-electron chi connectivity index (χ4n) is 5.38. The zero-order valence-electron chi connectivity index (χ0n) is 24.2. The third-order valence-electron chi connectivity index (χ3n) is 7.84. The summed E-state index contributed by atoms with van der Waals surface area (Å²) >= 11 is 0. The van der Waals surface area contributed by atoms with Gasteiger partial charge in [-0.3, -0.25) is 4.79 Å². The van der Waals surface area contributed by atoms with Crippen LogP contribution in [0.15, 0.2) is 12.1 Å². The fourth-order valence-corrected chi connectivity index (χ4v) is 5.38. The molecule has 4 N–H and O–H groups in total. The predicted molar refractivity (Wildman–Crippen MR) is 152 cm³/mol. The molecule has 1 aliphatic heterocycles. The van der Waals surface area contributed by atoms with Crippen molar-refractivity contribution in [1.29, 1.82) is 0 Å². The first-order valence-electron chi connectivity index (χ1n) is 14.7. The van der Waals surface area contributed by atoms with Gasteiger partial charge in [0.15, 0.2) is 0 Å². The van der Waals surface area contributed by atoms with Crippen LogP contribution in [-0.2, 0) is 27.2 Å². The van der Waals surface area contributed by atoms with Crippen LogP contribution in [0.1, 0.15) is 110 Å². The van der Waals surface area contributed by atoms with Gasteiger partial charge < -0.3 is 25.8 Å². The zero-order chi connectivity index (χ0) is 28.5. The molecule has 0 aromatic carbocycles. The Balaban J connectivity index is 1.32. The molecule has 3 rings (SSSR count). The Morgan fingerprint density at radius 3 is 2.51 bits per heavy atom. The number of aryl methyl sites for hydroxylation is 2. The lowest BCUT2D eigenvalue weighted by molar-refractivity contribution is -0.144. The van der Waals surface area contributed by atoms with Gasteiger partial charge in [-0.2, -0.15) is 0 Å². The summed E-state index contributed by atoms with van der Waals surface area (Å²) in [7, 11) is 0. The molecule has 9 heteroatoms. The largest absolute Gasteiger partial charge is 0.480 e. The quantitative estimate of drug-likeness (QED) is 0.260. The Hall–Kier alpha value is -2.84. The highest BCUT2D eigenvalue weighted by atomic mass is 16.6. The number of carbonyl (C=O) groups is 3. The van der Waals surface area contributed by atoms with Gasteiger partial charge in [0, 0.05) is 23.7 Å². The van der Waals surface area contributed by atoms with E-state index in [0.29, 0.717) is 32.1 Å². The third kappa shape index (κ3) is 10.0. The van der Waals surface area contributed by atoms with Crippen LogP contribution in [0.4, 0.5) is 10.6 Å². The highest BCUT2D eigenvalue weighted by Crippen LogP contribution is 2.36. The van der Waals surface area contributed by atoms with E-state index in [9.17, 15) is 19.5 Å². The van der Waals surface area contributed by atoms with Crippen molar-refractivity contribution in [1.82, 2.24) is 15.6 Å². The van der Waals surface area contributed by atoms with Crippen LogP contribution in [0, 0.1) is 5.41 Å². The van der Waals surface area contributed by atoms with E-state index in [2.05, 4.69) is 28.1 Å². The van der Waals surface area contributed by atoms with E-state index in [4.69, 9.17) is 9.72 Å². The summed E-state index contributed by atoms with van der Waals surface area (Å²) in [5.74, 6) is -0.156. The molecule has 1 saturated carbocycles. The maximum absolute atomic E-state index is 13.1. The summed E-state index contributed by atoms with van der Waals surface area (Å²) < 4.78 is 5.33. The van der Waals surface area contributed by atoms with Crippen molar-refractivity contribution in [2.75, 3.05) is 11.9 Å². The number of rotatable bonds is 12. The van der Waals surface area contributed by atoms with Crippen molar-refractivity contribution in [3.8, 4) is 0 Å². The number of amides is 2. The maximum Gasteiger partial charge on any atom is 0.407 e. The summed E-state index contributed by atoms with van der Waals surface area (Å²) in [6, 6.07) is 3.41. The molecule has 1 aromatic rings. The van der Waals surface area contributed by atoms with Gasteiger partial charge in [0.2, 0.25) is 5.91 Å². The van der Waals surface area contributed by atoms with Crippen molar-refractivity contribution in [3.63, 3.8) is 0 Å². The van der Waals surface area contributed by atoms with E-state index >= 15 is 0 Å². The lowest BCUT2D eigenvalue weighted by atomic mass is 9.73. The molecular weight excluding hydrogens is 496 g/mol. The Morgan fingerprint density at radius 1 is 1.13 bits per heavy atom. The average molecular weight is 545 g/mol. The van der Waals surface area contributed by atoms with E-state index in [1.165, 1.54) is 5.56 Å². The number of nitrogens with one attached hydrogen (secondary N) is 3. The first-order valence-corrected chi connectivity index (χ1v) is 14.7. The summed E-state index contributed by atoms with van der Waals surface area (Å²) in [5, 5.41) is 18.8. The van der Waals surface area contributed by atoms with Gasteiger partial charge in [-0.05, 0) is 90.2 Å². The molecular formula is C30H48N4O5. The Kier molecular flexibility index (Phi) is 11.0. The topological polar surface area (TPSA) is 130 Å². The lowest BCUT2D eigenvalue weighted by Gasteiger charge is -2.37. The summed E-state index contributed by atoms with van der Waals surface area (Å²) in [6.45, 7) is 8.34. The lowest BCUT2D eigenvalue weighted by Crippen LogP contribution is -2.50. The number of carboxylic acid groups (broad SMARTS) is 1. The molecule has 218 valence electrons. The molecule has 2 aliphatic rings. The number of carboxylic acids is 1. The van der Waals surface area contributed by atoms with E-state index in [1.54, 1.807) is 0 Å². The summed E-state index contributed by atoms with van der Waals surface area (Å²) in [4.78, 5) is 41.7.